The zero-order valence-electron chi connectivity index (χ0n) is 17.5. The van der Waals surface area contributed by atoms with Gasteiger partial charge in [-0.05, 0) is 38.0 Å². The molecule has 31 heavy (non-hydrogen) atoms. The monoisotopic (exact) mass is 423 g/mol. The van der Waals surface area contributed by atoms with Crippen LogP contribution in [0.15, 0.2) is 24.4 Å². The number of carbonyl (C=O) groups excluding carboxylic acids is 2. The molecular formula is C20H25N9O2. The highest BCUT2D eigenvalue weighted by molar-refractivity contribution is 5.96. The summed E-state index contributed by atoms with van der Waals surface area (Å²) in [6.45, 7) is 5.68. The quantitative estimate of drug-likeness (QED) is 0.541. The number of hydrogen-bond acceptors (Lipinski definition) is 8. The molecule has 0 spiro atoms. The Morgan fingerprint density at radius 2 is 2.13 bits per heavy atom. The zero-order valence-corrected chi connectivity index (χ0v) is 17.5. The smallest absolute Gasteiger partial charge is 0.273 e. The average Bonchev–Trinajstić information content (AvgIpc) is 3.16. The summed E-state index contributed by atoms with van der Waals surface area (Å²) < 4.78 is 1.90. The third-order valence-electron chi connectivity index (χ3n) is 5.32. The SMILES string of the molecule is CCn1ncc2cc(Nc3nc(N[C@@H]4CCCN(C(C)=O)C4)nnc3C(N)=O)ccc21. The molecule has 3 heterocycles. The molecule has 0 bridgehead atoms. The van der Waals surface area contributed by atoms with Gasteiger partial charge in [0.2, 0.25) is 11.9 Å². The van der Waals surface area contributed by atoms with E-state index >= 15 is 0 Å². The number of carbonyl (C=O) groups is 2. The molecule has 1 atom stereocenters. The van der Waals surface area contributed by atoms with Crippen molar-refractivity contribution in [2.24, 2.45) is 5.73 Å². The minimum atomic E-state index is -0.727. The van der Waals surface area contributed by atoms with Crippen molar-refractivity contribution in [3.8, 4) is 0 Å². The maximum Gasteiger partial charge on any atom is 0.273 e. The van der Waals surface area contributed by atoms with E-state index in [1.165, 1.54) is 0 Å². The van der Waals surface area contributed by atoms with Gasteiger partial charge in [0.1, 0.15) is 0 Å². The van der Waals surface area contributed by atoms with Gasteiger partial charge in [0, 0.05) is 43.7 Å². The van der Waals surface area contributed by atoms with Crippen LogP contribution in [0.3, 0.4) is 0 Å². The number of nitrogens with zero attached hydrogens (tertiary/aromatic N) is 6. The van der Waals surface area contributed by atoms with Crippen LogP contribution in [0.25, 0.3) is 10.9 Å². The molecule has 0 saturated carbocycles. The molecule has 2 aromatic heterocycles. The Morgan fingerprint density at radius 3 is 2.87 bits per heavy atom. The molecule has 3 aromatic rings. The largest absolute Gasteiger partial charge is 0.364 e. The summed E-state index contributed by atoms with van der Waals surface area (Å²) in [5.74, 6) is -0.206. The van der Waals surface area contributed by atoms with Gasteiger partial charge >= 0.3 is 0 Å². The fourth-order valence-corrected chi connectivity index (χ4v) is 3.76. The van der Waals surface area contributed by atoms with Gasteiger partial charge in [-0.3, -0.25) is 14.3 Å². The molecule has 1 saturated heterocycles. The summed E-state index contributed by atoms with van der Waals surface area (Å²) in [5.41, 5.74) is 7.15. The van der Waals surface area contributed by atoms with E-state index in [1.54, 1.807) is 18.0 Å². The van der Waals surface area contributed by atoms with Crippen LogP contribution >= 0.6 is 0 Å². The standard InChI is InChI=1S/C20H25N9O2/c1-3-29-16-7-6-14(9-13(16)10-22-29)23-19-17(18(21)31)26-27-20(25-19)24-15-5-4-8-28(11-15)12(2)30/h6-7,9-10,15H,3-5,8,11H2,1-2H3,(H2,21,31)(H2,23,24,25,27)/t15-/m1/s1. The number of anilines is 3. The maximum atomic E-state index is 11.8. The Bertz CT molecular complexity index is 1130. The number of hydrogen-bond donors (Lipinski definition) is 3. The summed E-state index contributed by atoms with van der Waals surface area (Å²) in [6, 6.07) is 5.75. The zero-order chi connectivity index (χ0) is 22.0. The molecule has 1 fully saturated rings. The number of aryl methyl sites for hydroxylation is 1. The molecule has 1 aliphatic rings. The lowest BCUT2D eigenvalue weighted by Gasteiger charge is -2.32. The molecule has 4 rings (SSSR count). The number of piperidine rings is 1. The minimum Gasteiger partial charge on any atom is -0.364 e. The van der Waals surface area contributed by atoms with Crippen LogP contribution in [0.1, 0.15) is 37.2 Å². The van der Waals surface area contributed by atoms with E-state index in [0.29, 0.717) is 6.54 Å². The lowest BCUT2D eigenvalue weighted by atomic mass is 10.1. The lowest BCUT2D eigenvalue weighted by molar-refractivity contribution is -0.129. The van der Waals surface area contributed by atoms with E-state index in [1.807, 2.05) is 29.8 Å². The summed E-state index contributed by atoms with van der Waals surface area (Å²) >= 11 is 0. The Labute approximate surface area is 179 Å². The number of rotatable bonds is 6. The van der Waals surface area contributed by atoms with Crippen LogP contribution < -0.4 is 16.4 Å². The molecule has 1 aromatic carbocycles. The van der Waals surface area contributed by atoms with Gasteiger partial charge in [0.15, 0.2) is 11.5 Å². The molecule has 11 heteroatoms. The topological polar surface area (TPSA) is 144 Å². The summed E-state index contributed by atoms with van der Waals surface area (Å²) in [7, 11) is 0. The van der Waals surface area contributed by atoms with E-state index in [-0.39, 0.29) is 29.4 Å². The van der Waals surface area contributed by atoms with Crippen molar-refractivity contribution < 1.29 is 9.59 Å². The molecule has 0 radical (unpaired) electrons. The molecule has 0 unspecified atom stereocenters. The Hall–Kier alpha value is -3.76. The summed E-state index contributed by atoms with van der Waals surface area (Å²) in [6.07, 6.45) is 3.56. The van der Waals surface area contributed by atoms with Crippen molar-refractivity contribution in [1.29, 1.82) is 0 Å². The van der Waals surface area contributed by atoms with Gasteiger partial charge in [-0.15, -0.1) is 10.2 Å². The third-order valence-corrected chi connectivity index (χ3v) is 5.32. The van der Waals surface area contributed by atoms with Crippen LogP contribution in [-0.2, 0) is 11.3 Å². The van der Waals surface area contributed by atoms with Gasteiger partial charge in [0.25, 0.3) is 5.91 Å². The van der Waals surface area contributed by atoms with Crippen LogP contribution in [0, 0.1) is 0 Å². The first-order valence-corrected chi connectivity index (χ1v) is 10.2. The third kappa shape index (κ3) is 4.39. The predicted octanol–water partition coefficient (Wildman–Crippen LogP) is 1.51. The number of benzene rings is 1. The second-order valence-corrected chi connectivity index (χ2v) is 7.50. The van der Waals surface area contributed by atoms with Gasteiger partial charge in [-0.1, -0.05) is 0 Å². The first-order valence-electron chi connectivity index (χ1n) is 10.2. The van der Waals surface area contributed by atoms with Crippen LogP contribution in [0.4, 0.5) is 17.5 Å². The number of aromatic nitrogens is 5. The highest BCUT2D eigenvalue weighted by atomic mass is 16.2. The molecule has 1 aliphatic heterocycles. The number of primary amides is 1. The van der Waals surface area contributed by atoms with Crippen LogP contribution in [0.2, 0.25) is 0 Å². The molecule has 11 nitrogen and oxygen atoms in total. The van der Waals surface area contributed by atoms with E-state index in [9.17, 15) is 9.59 Å². The van der Waals surface area contributed by atoms with Crippen molar-refractivity contribution in [1.82, 2.24) is 29.9 Å². The number of nitrogens with two attached hydrogens (primary N) is 1. The van der Waals surface area contributed by atoms with Crippen molar-refractivity contribution in [2.45, 2.75) is 39.3 Å². The first kappa shape index (κ1) is 20.5. The molecule has 4 N–H and O–H groups in total. The van der Waals surface area contributed by atoms with Crippen LogP contribution in [-0.4, -0.2) is 60.8 Å². The maximum absolute atomic E-state index is 11.8. The van der Waals surface area contributed by atoms with E-state index in [4.69, 9.17) is 5.73 Å². The predicted molar refractivity (Wildman–Crippen MR) is 116 cm³/mol. The van der Waals surface area contributed by atoms with Gasteiger partial charge in [0.05, 0.1) is 11.7 Å². The first-order chi connectivity index (χ1) is 14.9. The van der Waals surface area contributed by atoms with Gasteiger partial charge < -0.3 is 21.3 Å². The number of nitrogens with one attached hydrogen (secondary N) is 2. The van der Waals surface area contributed by atoms with E-state index in [0.717, 1.165) is 42.5 Å². The normalized spacial score (nSPS) is 16.3. The second kappa shape index (κ2) is 8.54. The summed E-state index contributed by atoms with van der Waals surface area (Å²) in [5, 5.41) is 19.6. The van der Waals surface area contributed by atoms with Crippen LogP contribution in [0.5, 0.6) is 0 Å². The van der Waals surface area contributed by atoms with Crippen molar-refractivity contribution in [2.75, 3.05) is 23.7 Å². The van der Waals surface area contributed by atoms with Crippen molar-refractivity contribution in [3.05, 3.63) is 30.1 Å². The molecule has 2 amide bonds. The Morgan fingerprint density at radius 1 is 1.29 bits per heavy atom. The lowest BCUT2D eigenvalue weighted by Crippen LogP contribution is -2.44. The van der Waals surface area contributed by atoms with Gasteiger partial charge in [-0.2, -0.15) is 10.1 Å². The molecular weight excluding hydrogens is 398 g/mol. The van der Waals surface area contributed by atoms with Crippen molar-refractivity contribution in [3.63, 3.8) is 0 Å². The van der Waals surface area contributed by atoms with E-state index < -0.39 is 5.91 Å². The second-order valence-electron chi connectivity index (χ2n) is 7.50. The Balaban J connectivity index is 1.57. The number of amides is 2. The number of likely N-dealkylation sites (tertiary alicyclic amines) is 1. The highest BCUT2D eigenvalue weighted by Gasteiger charge is 2.23. The summed E-state index contributed by atoms with van der Waals surface area (Å²) in [4.78, 5) is 29.7. The molecule has 0 aliphatic carbocycles. The highest BCUT2D eigenvalue weighted by Crippen LogP contribution is 2.23. The fraction of sp³-hybridized carbons (Fsp3) is 0.400. The average molecular weight is 423 g/mol. The Kier molecular flexibility index (Phi) is 5.65. The number of fused-ring (bicyclic) bond motifs is 1. The van der Waals surface area contributed by atoms with Gasteiger partial charge in [-0.25, -0.2) is 0 Å². The molecule has 162 valence electrons. The minimum absolute atomic E-state index is 0.00274. The van der Waals surface area contributed by atoms with E-state index in [2.05, 4.69) is 30.9 Å². The van der Waals surface area contributed by atoms with Crippen molar-refractivity contribution >= 4 is 40.2 Å². The fourth-order valence-electron chi connectivity index (χ4n) is 3.76.